The fourth-order valence-corrected chi connectivity index (χ4v) is 3.85. The normalized spacial score (nSPS) is 10.4. The number of anilines is 2. The SMILES string of the molecule is CCOC(=O)c1c(NC(=S)Nc2ccon2)sc(C)c1-c1ccccc1. The Morgan fingerprint density at radius 3 is 2.69 bits per heavy atom. The first-order chi connectivity index (χ1) is 12.6. The number of thiophene rings is 1. The van der Waals surface area contributed by atoms with E-state index >= 15 is 0 Å². The zero-order chi connectivity index (χ0) is 18.5. The Labute approximate surface area is 160 Å². The summed E-state index contributed by atoms with van der Waals surface area (Å²) in [6.07, 6.45) is 1.44. The molecule has 3 aromatic rings. The molecule has 0 aliphatic carbocycles. The maximum atomic E-state index is 12.6. The van der Waals surface area contributed by atoms with E-state index in [4.69, 9.17) is 21.5 Å². The van der Waals surface area contributed by atoms with E-state index < -0.39 is 0 Å². The molecule has 2 heterocycles. The minimum Gasteiger partial charge on any atom is -0.462 e. The second-order valence-corrected chi connectivity index (χ2v) is 6.92. The molecule has 134 valence electrons. The van der Waals surface area contributed by atoms with Crippen molar-refractivity contribution in [3.63, 3.8) is 0 Å². The van der Waals surface area contributed by atoms with Gasteiger partial charge in [-0.25, -0.2) is 4.79 Å². The summed E-state index contributed by atoms with van der Waals surface area (Å²) in [4.78, 5) is 13.6. The lowest BCUT2D eigenvalue weighted by Crippen LogP contribution is -2.20. The zero-order valence-electron chi connectivity index (χ0n) is 14.2. The van der Waals surface area contributed by atoms with Gasteiger partial charge < -0.3 is 19.9 Å². The summed E-state index contributed by atoms with van der Waals surface area (Å²) < 4.78 is 10.0. The molecule has 8 heteroatoms. The van der Waals surface area contributed by atoms with Crippen LogP contribution in [0.15, 0.2) is 47.2 Å². The van der Waals surface area contributed by atoms with E-state index in [0.29, 0.717) is 28.1 Å². The van der Waals surface area contributed by atoms with Gasteiger partial charge in [0, 0.05) is 16.5 Å². The van der Waals surface area contributed by atoms with Crippen LogP contribution in [0.4, 0.5) is 10.8 Å². The molecule has 0 unspecified atom stereocenters. The molecule has 2 aromatic heterocycles. The summed E-state index contributed by atoms with van der Waals surface area (Å²) in [6, 6.07) is 11.4. The third kappa shape index (κ3) is 3.92. The molecule has 26 heavy (non-hydrogen) atoms. The molecule has 0 aliphatic heterocycles. The van der Waals surface area contributed by atoms with Crippen molar-refractivity contribution < 1.29 is 14.1 Å². The Kier molecular flexibility index (Phi) is 5.65. The predicted octanol–water partition coefficient (Wildman–Crippen LogP) is 4.70. The first-order valence-electron chi connectivity index (χ1n) is 7.94. The van der Waals surface area contributed by atoms with E-state index in [-0.39, 0.29) is 5.97 Å². The standard InChI is InChI=1S/C18H17N3O3S2/c1-3-23-17(22)15-14(12-7-5-4-6-8-12)11(2)26-16(15)20-18(25)19-13-9-10-24-21-13/h4-10H,3H2,1-2H3,(H2,19,20,21,25). The van der Waals surface area contributed by atoms with Crippen molar-refractivity contribution in [3.8, 4) is 11.1 Å². The fourth-order valence-electron chi connectivity index (χ4n) is 2.51. The van der Waals surface area contributed by atoms with Gasteiger partial charge in [-0.05, 0) is 31.6 Å². The van der Waals surface area contributed by atoms with Gasteiger partial charge in [0.05, 0.1) is 6.61 Å². The number of hydrogen-bond donors (Lipinski definition) is 2. The van der Waals surface area contributed by atoms with Crippen molar-refractivity contribution in [1.29, 1.82) is 0 Å². The number of carbonyl (C=O) groups excluding carboxylic acids is 1. The van der Waals surface area contributed by atoms with Crippen molar-refractivity contribution in [2.24, 2.45) is 0 Å². The van der Waals surface area contributed by atoms with Gasteiger partial charge in [0.2, 0.25) is 0 Å². The number of esters is 1. The molecule has 0 bridgehead atoms. The van der Waals surface area contributed by atoms with Gasteiger partial charge >= 0.3 is 5.97 Å². The van der Waals surface area contributed by atoms with Crippen LogP contribution in [-0.2, 0) is 4.74 Å². The van der Waals surface area contributed by atoms with Crippen molar-refractivity contribution in [2.45, 2.75) is 13.8 Å². The van der Waals surface area contributed by atoms with Crippen LogP contribution in [0, 0.1) is 6.92 Å². The summed E-state index contributed by atoms with van der Waals surface area (Å²) in [6.45, 7) is 4.04. The third-order valence-electron chi connectivity index (χ3n) is 3.53. The van der Waals surface area contributed by atoms with Crippen LogP contribution in [0.5, 0.6) is 0 Å². The fraction of sp³-hybridized carbons (Fsp3) is 0.167. The molecule has 3 rings (SSSR count). The van der Waals surface area contributed by atoms with Gasteiger partial charge in [-0.2, -0.15) is 0 Å². The van der Waals surface area contributed by atoms with E-state index in [0.717, 1.165) is 16.0 Å². The van der Waals surface area contributed by atoms with E-state index in [1.54, 1.807) is 13.0 Å². The highest BCUT2D eigenvalue weighted by atomic mass is 32.1. The van der Waals surface area contributed by atoms with E-state index in [1.165, 1.54) is 17.6 Å². The number of aromatic nitrogens is 1. The Morgan fingerprint density at radius 2 is 2.04 bits per heavy atom. The Balaban J connectivity index is 1.96. The van der Waals surface area contributed by atoms with Crippen molar-refractivity contribution >= 4 is 45.5 Å². The number of hydrogen-bond acceptors (Lipinski definition) is 6. The number of thiocarbonyl (C=S) groups is 1. The smallest absolute Gasteiger partial charge is 0.341 e. The maximum absolute atomic E-state index is 12.6. The molecule has 0 saturated carbocycles. The quantitative estimate of drug-likeness (QED) is 0.485. The molecule has 6 nitrogen and oxygen atoms in total. The van der Waals surface area contributed by atoms with Crippen LogP contribution in [0.25, 0.3) is 11.1 Å². The van der Waals surface area contributed by atoms with E-state index in [1.807, 2.05) is 37.3 Å². The monoisotopic (exact) mass is 387 g/mol. The van der Waals surface area contributed by atoms with Gasteiger partial charge in [0.25, 0.3) is 0 Å². The summed E-state index contributed by atoms with van der Waals surface area (Å²) in [5.41, 5.74) is 2.28. The second kappa shape index (κ2) is 8.11. The first-order valence-corrected chi connectivity index (χ1v) is 9.17. The van der Waals surface area contributed by atoms with Crippen molar-refractivity contribution in [3.05, 3.63) is 53.1 Å². The molecule has 0 amide bonds. The van der Waals surface area contributed by atoms with Crippen LogP contribution in [0.2, 0.25) is 0 Å². The molecule has 0 radical (unpaired) electrons. The van der Waals surface area contributed by atoms with Crippen LogP contribution >= 0.6 is 23.6 Å². The first kappa shape index (κ1) is 18.1. The molecule has 0 aliphatic rings. The molecular weight excluding hydrogens is 370 g/mol. The Hall–Kier alpha value is -2.71. The highest BCUT2D eigenvalue weighted by Crippen LogP contribution is 2.40. The van der Waals surface area contributed by atoms with Crippen molar-refractivity contribution in [1.82, 2.24) is 5.16 Å². The number of nitrogens with one attached hydrogen (secondary N) is 2. The molecule has 0 spiro atoms. The van der Waals surface area contributed by atoms with Gasteiger partial charge in [-0.1, -0.05) is 35.5 Å². The number of carbonyl (C=O) groups is 1. The van der Waals surface area contributed by atoms with E-state index in [9.17, 15) is 4.79 Å². The minimum atomic E-state index is -0.387. The van der Waals surface area contributed by atoms with Gasteiger partial charge in [0.15, 0.2) is 10.9 Å². The van der Waals surface area contributed by atoms with E-state index in [2.05, 4.69) is 15.8 Å². The maximum Gasteiger partial charge on any atom is 0.341 e. The molecule has 0 atom stereocenters. The number of nitrogens with zero attached hydrogens (tertiary/aromatic N) is 1. The average Bonchev–Trinajstić information content (AvgIpc) is 3.23. The number of rotatable bonds is 5. The van der Waals surface area contributed by atoms with Gasteiger partial charge in [-0.15, -0.1) is 11.3 Å². The largest absolute Gasteiger partial charge is 0.462 e. The van der Waals surface area contributed by atoms with Crippen LogP contribution in [-0.4, -0.2) is 22.8 Å². The number of benzene rings is 1. The van der Waals surface area contributed by atoms with Crippen LogP contribution in [0.3, 0.4) is 0 Å². The molecular formula is C18H17N3O3S2. The topological polar surface area (TPSA) is 76.4 Å². The lowest BCUT2D eigenvalue weighted by molar-refractivity contribution is 0.0529. The summed E-state index contributed by atoms with van der Waals surface area (Å²) in [5.74, 6) is 0.0965. The van der Waals surface area contributed by atoms with Crippen LogP contribution in [0.1, 0.15) is 22.2 Å². The number of aryl methyl sites for hydroxylation is 1. The highest BCUT2D eigenvalue weighted by Gasteiger charge is 2.24. The molecule has 2 N–H and O–H groups in total. The van der Waals surface area contributed by atoms with Gasteiger partial charge in [0.1, 0.15) is 16.8 Å². The summed E-state index contributed by atoms with van der Waals surface area (Å²) in [7, 11) is 0. The minimum absolute atomic E-state index is 0.295. The number of ether oxygens (including phenoxy) is 1. The van der Waals surface area contributed by atoms with Crippen LogP contribution < -0.4 is 10.6 Å². The molecule has 0 saturated heterocycles. The lowest BCUT2D eigenvalue weighted by atomic mass is 10.0. The van der Waals surface area contributed by atoms with Crippen molar-refractivity contribution in [2.75, 3.05) is 17.2 Å². The lowest BCUT2D eigenvalue weighted by Gasteiger charge is -2.10. The molecule has 0 fully saturated rings. The zero-order valence-corrected chi connectivity index (χ0v) is 15.9. The average molecular weight is 387 g/mol. The molecule has 1 aromatic carbocycles. The van der Waals surface area contributed by atoms with Gasteiger partial charge in [-0.3, -0.25) is 0 Å². The third-order valence-corrected chi connectivity index (χ3v) is 4.76. The Morgan fingerprint density at radius 1 is 1.27 bits per heavy atom. The summed E-state index contributed by atoms with van der Waals surface area (Å²) >= 11 is 6.76. The Bertz CT molecular complexity index is 905. The second-order valence-electron chi connectivity index (χ2n) is 5.29. The highest BCUT2D eigenvalue weighted by molar-refractivity contribution is 7.80. The summed E-state index contributed by atoms with van der Waals surface area (Å²) in [5, 5.41) is 10.7. The predicted molar refractivity (Wildman–Crippen MR) is 107 cm³/mol.